The van der Waals surface area contributed by atoms with E-state index in [1.165, 1.54) is 12.1 Å². The van der Waals surface area contributed by atoms with Crippen LogP contribution in [0.3, 0.4) is 0 Å². The van der Waals surface area contributed by atoms with Crippen LogP contribution in [0.4, 0.5) is 4.39 Å². The van der Waals surface area contributed by atoms with Crippen LogP contribution in [0, 0.1) is 5.82 Å². The molecule has 0 aliphatic rings. The van der Waals surface area contributed by atoms with Crippen molar-refractivity contribution < 1.29 is 4.39 Å². The highest BCUT2D eigenvalue weighted by molar-refractivity contribution is 5.67. The van der Waals surface area contributed by atoms with Crippen molar-refractivity contribution in [3.63, 3.8) is 0 Å². The Bertz CT molecular complexity index is 970. The summed E-state index contributed by atoms with van der Waals surface area (Å²) in [6.45, 7) is 0. The van der Waals surface area contributed by atoms with Crippen molar-refractivity contribution in [3.05, 3.63) is 61.1 Å². The molecule has 3 heterocycles. The number of halogens is 1. The van der Waals surface area contributed by atoms with Crippen LogP contribution in [0.5, 0.6) is 0 Å². The number of imidazole rings is 1. The van der Waals surface area contributed by atoms with E-state index in [2.05, 4.69) is 15.1 Å². The zero-order valence-electron chi connectivity index (χ0n) is 11.8. The number of benzene rings is 1. The molecule has 0 N–H and O–H groups in total. The summed E-state index contributed by atoms with van der Waals surface area (Å²) in [5.74, 6) is -0.271. The number of aryl methyl sites for hydroxylation is 1. The van der Waals surface area contributed by atoms with Crippen LogP contribution in [-0.2, 0) is 7.05 Å². The molecule has 0 fully saturated rings. The first-order chi connectivity index (χ1) is 10.7. The van der Waals surface area contributed by atoms with Gasteiger partial charge in [-0.3, -0.25) is 9.08 Å². The van der Waals surface area contributed by atoms with Crippen LogP contribution in [0.15, 0.2) is 55.2 Å². The van der Waals surface area contributed by atoms with Gasteiger partial charge < -0.3 is 0 Å². The minimum Gasteiger partial charge on any atom is -0.283 e. The van der Waals surface area contributed by atoms with Gasteiger partial charge in [0.25, 0.3) is 0 Å². The van der Waals surface area contributed by atoms with Crippen molar-refractivity contribution >= 4 is 5.65 Å². The van der Waals surface area contributed by atoms with Crippen molar-refractivity contribution in [2.24, 2.45) is 7.05 Å². The molecule has 108 valence electrons. The molecule has 0 bridgehead atoms. The predicted octanol–water partition coefficient (Wildman–Crippen LogP) is 2.94. The van der Waals surface area contributed by atoms with Crippen LogP contribution in [0.2, 0.25) is 0 Å². The van der Waals surface area contributed by atoms with Gasteiger partial charge in [-0.2, -0.15) is 5.10 Å². The molecule has 1 aromatic carbocycles. The molecule has 0 radical (unpaired) electrons. The zero-order valence-corrected chi connectivity index (χ0v) is 11.8. The van der Waals surface area contributed by atoms with Crippen LogP contribution >= 0.6 is 0 Å². The fourth-order valence-electron chi connectivity index (χ4n) is 2.46. The molecule has 0 aliphatic heterocycles. The van der Waals surface area contributed by atoms with Gasteiger partial charge in [0.2, 0.25) is 0 Å². The molecule has 22 heavy (non-hydrogen) atoms. The summed E-state index contributed by atoms with van der Waals surface area (Å²) < 4.78 is 17.0. The highest BCUT2D eigenvalue weighted by Crippen LogP contribution is 2.23. The first kappa shape index (κ1) is 12.7. The largest absolute Gasteiger partial charge is 0.283 e. The number of rotatable bonds is 2. The highest BCUT2D eigenvalue weighted by atomic mass is 19.1. The van der Waals surface area contributed by atoms with Crippen molar-refractivity contribution in [1.82, 2.24) is 24.1 Å². The van der Waals surface area contributed by atoms with E-state index in [9.17, 15) is 4.39 Å². The van der Waals surface area contributed by atoms with Gasteiger partial charge in [0.15, 0.2) is 0 Å². The van der Waals surface area contributed by atoms with Gasteiger partial charge in [0.05, 0.1) is 23.8 Å². The van der Waals surface area contributed by atoms with Gasteiger partial charge in [0.1, 0.15) is 17.8 Å². The van der Waals surface area contributed by atoms with Gasteiger partial charge >= 0.3 is 0 Å². The maximum atomic E-state index is 13.4. The summed E-state index contributed by atoms with van der Waals surface area (Å²) in [4.78, 5) is 8.84. The SMILES string of the molecule is Cn1cc(-c2cc3ncc(-c4cccc(F)c4)n3cn2)cn1. The van der Waals surface area contributed by atoms with E-state index in [1.54, 1.807) is 29.5 Å². The van der Waals surface area contributed by atoms with Crippen molar-refractivity contribution in [2.75, 3.05) is 0 Å². The maximum Gasteiger partial charge on any atom is 0.140 e. The Hall–Kier alpha value is -3.02. The molecule has 0 aliphatic carbocycles. The Morgan fingerprint density at radius 3 is 2.73 bits per heavy atom. The first-order valence-corrected chi connectivity index (χ1v) is 6.79. The van der Waals surface area contributed by atoms with E-state index in [1.807, 2.05) is 29.8 Å². The monoisotopic (exact) mass is 293 g/mol. The quantitative estimate of drug-likeness (QED) is 0.571. The summed E-state index contributed by atoms with van der Waals surface area (Å²) in [5, 5.41) is 4.14. The molecule has 0 unspecified atom stereocenters. The average Bonchev–Trinajstić information content (AvgIpc) is 3.12. The third kappa shape index (κ3) is 2.05. The lowest BCUT2D eigenvalue weighted by Crippen LogP contribution is -1.92. The second kappa shape index (κ2) is 4.77. The molecule has 0 atom stereocenters. The number of hydrogen-bond donors (Lipinski definition) is 0. The van der Waals surface area contributed by atoms with Crippen molar-refractivity contribution in [2.45, 2.75) is 0 Å². The van der Waals surface area contributed by atoms with E-state index in [0.717, 1.165) is 28.2 Å². The summed E-state index contributed by atoms with van der Waals surface area (Å²) in [7, 11) is 1.86. The lowest BCUT2D eigenvalue weighted by molar-refractivity contribution is 0.628. The number of aromatic nitrogens is 5. The molecular weight excluding hydrogens is 281 g/mol. The second-order valence-electron chi connectivity index (χ2n) is 5.06. The second-order valence-corrected chi connectivity index (χ2v) is 5.06. The standard InChI is InChI=1S/C16H12FN5/c1-21-9-12(7-20-21)14-6-16-18-8-15(22(16)10-19-14)11-3-2-4-13(17)5-11/h2-10H,1H3. The zero-order chi connectivity index (χ0) is 15.1. The minimum absolute atomic E-state index is 0.271. The van der Waals surface area contributed by atoms with Crippen LogP contribution < -0.4 is 0 Å². The van der Waals surface area contributed by atoms with E-state index in [4.69, 9.17) is 0 Å². The molecular formula is C16H12FN5. The molecule has 0 spiro atoms. The Labute approximate surface area is 125 Å². The lowest BCUT2D eigenvalue weighted by atomic mass is 10.1. The number of nitrogens with zero attached hydrogens (tertiary/aromatic N) is 5. The van der Waals surface area contributed by atoms with Gasteiger partial charge in [-0.1, -0.05) is 12.1 Å². The maximum absolute atomic E-state index is 13.4. The smallest absolute Gasteiger partial charge is 0.140 e. The molecule has 0 amide bonds. The van der Waals surface area contributed by atoms with Gasteiger partial charge in [0, 0.05) is 30.4 Å². The molecule has 6 heteroatoms. The molecule has 4 aromatic rings. The molecule has 3 aromatic heterocycles. The van der Waals surface area contributed by atoms with Gasteiger partial charge in [-0.15, -0.1) is 0 Å². The normalized spacial score (nSPS) is 11.2. The number of fused-ring (bicyclic) bond motifs is 1. The summed E-state index contributed by atoms with van der Waals surface area (Å²) in [5.41, 5.74) is 4.06. The van der Waals surface area contributed by atoms with Crippen molar-refractivity contribution in [3.8, 4) is 22.5 Å². The highest BCUT2D eigenvalue weighted by Gasteiger charge is 2.09. The Kier molecular flexibility index (Phi) is 2.75. The van der Waals surface area contributed by atoms with Crippen LogP contribution in [0.1, 0.15) is 0 Å². The van der Waals surface area contributed by atoms with Crippen LogP contribution in [-0.4, -0.2) is 24.1 Å². The average molecular weight is 293 g/mol. The molecule has 0 saturated heterocycles. The fraction of sp³-hybridized carbons (Fsp3) is 0.0625. The van der Waals surface area contributed by atoms with Gasteiger partial charge in [-0.05, 0) is 12.1 Å². The Balaban J connectivity index is 1.84. The van der Waals surface area contributed by atoms with E-state index in [0.29, 0.717) is 0 Å². The van der Waals surface area contributed by atoms with Crippen molar-refractivity contribution in [1.29, 1.82) is 0 Å². The lowest BCUT2D eigenvalue weighted by Gasteiger charge is -2.03. The molecule has 5 nitrogen and oxygen atoms in total. The Morgan fingerprint density at radius 1 is 1.05 bits per heavy atom. The third-order valence-corrected chi connectivity index (χ3v) is 3.52. The summed E-state index contributed by atoms with van der Waals surface area (Å²) >= 11 is 0. The fourth-order valence-corrected chi connectivity index (χ4v) is 2.46. The third-order valence-electron chi connectivity index (χ3n) is 3.52. The van der Waals surface area contributed by atoms with Gasteiger partial charge in [-0.25, -0.2) is 14.4 Å². The topological polar surface area (TPSA) is 48.0 Å². The van der Waals surface area contributed by atoms with E-state index < -0.39 is 0 Å². The Morgan fingerprint density at radius 2 is 1.95 bits per heavy atom. The molecule has 4 rings (SSSR count). The summed E-state index contributed by atoms with van der Waals surface area (Å²) in [6, 6.07) is 8.33. The first-order valence-electron chi connectivity index (χ1n) is 6.79. The number of hydrogen-bond acceptors (Lipinski definition) is 3. The summed E-state index contributed by atoms with van der Waals surface area (Å²) in [6.07, 6.45) is 7.08. The van der Waals surface area contributed by atoms with E-state index in [-0.39, 0.29) is 5.82 Å². The predicted molar refractivity (Wildman–Crippen MR) is 80.6 cm³/mol. The van der Waals surface area contributed by atoms with Crippen LogP contribution in [0.25, 0.3) is 28.2 Å². The minimum atomic E-state index is -0.271. The molecule has 0 saturated carbocycles. The van der Waals surface area contributed by atoms with E-state index >= 15 is 0 Å².